The number of nitrogens with zero attached hydrogens (tertiary/aromatic N) is 2. The molecule has 0 aromatic rings. The molecule has 0 rings (SSSR count). The lowest BCUT2D eigenvalue weighted by molar-refractivity contribution is -0.119. The fourth-order valence-electron chi connectivity index (χ4n) is 1.86. The van der Waals surface area contributed by atoms with E-state index in [9.17, 15) is 4.79 Å². The normalized spacial score (nSPS) is 12.4. The van der Waals surface area contributed by atoms with Crippen LogP contribution in [0, 0.1) is 5.53 Å². The minimum Gasteiger partial charge on any atom is -0.377 e. The average molecular weight is 328 g/mol. The maximum Gasteiger partial charge on any atom is 0.216 e. The average Bonchev–Trinajstić information content (AvgIpc) is 2.43. The van der Waals surface area contributed by atoms with Crippen molar-refractivity contribution >= 4 is 5.91 Å². The van der Waals surface area contributed by atoms with E-state index < -0.39 is 5.60 Å². The number of amides is 1. The van der Waals surface area contributed by atoms with Gasteiger partial charge in [0.15, 0.2) is 0 Å². The molecule has 23 heavy (non-hydrogen) atoms. The summed E-state index contributed by atoms with van der Waals surface area (Å²) in [5.41, 5.74) is 6.54. The molecule has 7 heteroatoms. The SMILES string of the molecule is C/C=C\N(N=N)C(C)(C)CCOC(C)(C)COCCNC(C)=O. The van der Waals surface area contributed by atoms with E-state index >= 15 is 0 Å². The minimum atomic E-state index is -0.407. The molecule has 0 saturated heterocycles. The Kier molecular flexibility index (Phi) is 9.67. The van der Waals surface area contributed by atoms with Gasteiger partial charge in [-0.05, 0) is 41.0 Å². The molecule has 0 aliphatic carbocycles. The van der Waals surface area contributed by atoms with E-state index in [4.69, 9.17) is 15.0 Å². The molecule has 0 atom stereocenters. The molecule has 1 amide bonds. The topological polar surface area (TPSA) is 87.0 Å². The Bertz CT molecular complexity index is 395. The summed E-state index contributed by atoms with van der Waals surface area (Å²) in [5.74, 6) is -0.0585. The van der Waals surface area contributed by atoms with E-state index in [0.29, 0.717) is 26.4 Å². The lowest BCUT2D eigenvalue weighted by atomic mass is 10.0. The van der Waals surface area contributed by atoms with Gasteiger partial charge in [-0.3, -0.25) is 4.79 Å². The highest BCUT2D eigenvalue weighted by atomic mass is 16.5. The van der Waals surface area contributed by atoms with Crippen LogP contribution in [0.25, 0.3) is 0 Å². The van der Waals surface area contributed by atoms with Crippen LogP contribution in [0.3, 0.4) is 0 Å². The van der Waals surface area contributed by atoms with Gasteiger partial charge < -0.3 is 14.8 Å². The first-order chi connectivity index (χ1) is 10.6. The first kappa shape index (κ1) is 21.5. The molecule has 0 aromatic carbocycles. The Morgan fingerprint density at radius 3 is 2.48 bits per heavy atom. The van der Waals surface area contributed by atoms with Gasteiger partial charge in [-0.25, -0.2) is 5.01 Å². The third-order valence-corrected chi connectivity index (χ3v) is 3.29. The highest BCUT2D eigenvalue weighted by molar-refractivity contribution is 5.72. The van der Waals surface area contributed by atoms with E-state index in [-0.39, 0.29) is 11.4 Å². The monoisotopic (exact) mass is 328 g/mol. The smallest absolute Gasteiger partial charge is 0.216 e. The lowest BCUT2D eigenvalue weighted by Gasteiger charge is -2.34. The first-order valence-electron chi connectivity index (χ1n) is 7.90. The van der Waals surface area contributed by atoms with Crippen LogP contribution in [0.15, 0.2) is 17.5 Å². The van der Waals surface area contributed by atoms with Gasteiger partial charge in [-0.1, -0.05) is 11.3 Å². The molecule has 0 aromatic heterocycles. The summed E-state index contributed by atoms with van der Waals surface area (Å²) in [6, 6.07) is 0. The summed E-state index contributed by atoms with van der Waals surface area (Å²) >= 11 is 0. The van der Waals surface area contributed by atoms with Gasteiger partial charge >= 0.3 is 0 Å². The predicted octanol–water partition coefficient (Wildman–Crippen LogP) is 2.88. The Labute approximate surface area is 139 Å². The van der Waals surface area contributed by atoms with E-state index in [1.807, 2.05) is 40.7 Å². The van der Waals surface area contributed by atoms with Crippen molar-refractivity contribution in [2.24, 2.45) is 5.22 Å². The fraction of sp³-hybridized carbons (Fsp3) is 0.812. The molecule has 2 N–H and O–H groups in total. The van der Waals surface area contributed by atoms with Gasteiger partial charge in [0.1, 0.15) is 0 Å². The molecule has 0 unspecified atom stereocenters. The standard InChI is InChI=1S/C16H32N4O3/c1-7-10-20(19-17)15(3,4)8-11-23-16(5,6)13-22-12-9-18-14(2)21/h7,10,17H,8-9,11-13H2,1-6H3,(H,18,21)/b10-7-,19-17?. The van der Waals surface area contributed by atoms with Crippen molar-refractivity contribution < 1.29 is 14.3 Å². The molecule has 0 aliphatic heterocycles. The second-order valence-corrected chi connectivity index (χ2v) is 6.63. The van der Waals surface area contributed by atoms with Crippen LogP contribution in [0.5, 0.6) is 0 Å². The minimum absolute atomic E-state index is 0.0585. The zero-order valence-electron chi connectivity index (χ0n) is 15.3. The van der Waals surface area contributed by atoms with Gasteiger partial charge in [-0.2, -0.15) is 5.53 Å². The van der Waals surface area contributed by atoms with Crippen molar-refractivity contribution in [3.63, 3.8) is 0 Å². The largest absolute Gasteiger partial charge is 0.377 e. The maximum absolute atomic E-state index is 10.7. The van der Waals surface area contributed by atoms with Gasteiger partial charge in [-0.15, -0.1) is 0 Å². The Morgan fingerprint density at radius 1 is 1.30 bits per heavy atom. The van der Waals surface area contributed by atoms with Crippen LogP contribution in [-0.2, 0) is 14.3 Å². The van der Waals surface area contributed by atoms with Crippen molar-refractivity contribution in [2.75, 3.05) is 26.4 Å². The summed E-state index contributed by atoms with van der Waals surface area (Å²) in [6.07, 6.45) is 4.37. The first-order valence-corrected chi connectivity index (χ1v) is 7.90. The maximum atomic E-state index is 10.7. The highest BCUT2D eigenvalue weighted by Crippen LogP contribution is 2.21. The number of nitrogens with one attached hydrogen (secondary N) is 2. The van der Waals surface area contributed by atoms with Crippen LogP contribution in [0.2, 0.25) is 0 Å². The summed E-state index contributed by atoms with van der Waals surface area (Å²) in [5, 5.41) is 7.83. The van der Waals surface area contributed by atoms with Gasteiger partial charge in [0.05, 0.1) is 24.4 Å². The van der Waals surface area contributed by atoms with Crippen molar-refractivity contribution in [2.45, 2.75) is 59.1 Å². The Balaban J connectivity index is 4.12. The van der Waals surface area contributed by atoms with Crippen molar-refractivity contribution in [1.29, 1.82) is 5.53 Å². The van der Waals surface area contributed by atoms with Crippen LogP contribution < -0.4 is 5.32 Å². The molecular weight excluding hydrogens is 296 g/mol. The number of hydrogen-bond donors (Lipinski definition) is 2. The fourth-order valence-corrected chi connectivity index (χ4v) is 1.86. The predicted molar refractivity (Wildman–Crippen MR) is 90.0 cm³/mol. The third-order valence-electron chi connectivity index (χ3n) is 3.29. The number of carbonyl (C=O) groups excluding carboxylic acids is 1. The highest BCUT2D eigenvalue weighted by Gasteiger charge is 2.26. The molecule has 0 bridgehead atoms. The van der Waals surface area contributed by atoms with Gasteiger partial charge in [0.25, 0.3) is 0 Å². The van der Waals surface area contributed by atoms with Crippen LogP contribution in [0.4, 0.5) is 0 Å². The number of carbonyl (C=O) groups is 1. The van der Waals surface area contributed by atoms with Gasteiger partial charge in [0.2, 0.25) is 5.91 Å². The number of ether oxygens (including phenoxy) is 2. The molecule has 0 radical (unpaired) electrons. The van der Waals surface area contributed by atoms with Crippen LogP contribution >= 0.6 is 0 Å². The van der Waals surface area contributed by atoms with E-state index in [2.05, 4.69) is 10.5 Å². The second-order valence-electron chi connectivity index (χ2n) is 6.63. The molecule has 134 valence electrons. The van der Waals surface area contributed by atoms with E-state index in [1.165, 1.54) is 6.92 Å². The Hall–Kier alpha value is -1.47. The van der Waals surface area contributed by atoms with E-state index in [1.54, 1.807) is 11.2 Å². The van der Waals surface area contributed by atoms with Crippen molar-refractivity contribution in [3.8, 4) is 0 Å². The number of rotatable bonds is 12. The number of allylic oxidation sites excluding steroid dienone is 1. The summed E-state index contributed by atoms with van der Waals surface area (Å²) in [4.78, 5) is 10.7. The van der Waals surface area contributed by atoms with Crippen molar-refractivity contribution in [1.82, 2.24) is 10.3 Å². The molecular formula is C16H32N4O3. The van der Waals surface area contributed by atoms with Crippen LogP contribution in [-0.4, -0.2) is 48.4 Å². The molecule has 0 fully saturated rings. The Morgan fingerprint density at radius 2 is 1.96 bits per heavy atom. The van der Waals surface area contributed by atoms with Gasteiger partial charge in [0, 0.05) is 26.3 Å². The second kappa shape index (κ2) is 10.3. The zero-order valence-corrected chi connectivity index (χ0v) is 15.3. The molecule has 0 heterocycles. The quantitative estimate of drug-likeness (QED) is 0.328. The molecule has 0 saturated carbocycles. The zero-order chi connectivity index (χ0) is 17.9. The summed E-state index contributed by atoms with van der Waals surface area (Å²) in [7, 11) is 0. The third kappa shape index (κ3) is 10.0. The van der Waals surface area contributed by atoms with Crippen LogP contribution in [0.1, 0.15) is 48.0 Å². The summed E-state index contributed by atoms with van der Waals surface area (Å²) < 4.78 is 11.4. The number of hydrogen-bond acceptors (Lipinski definition) is 5. The molecule has 0 aliphatic rings. The molecule has 0 spiro atoms. The summed E-state index contributed by atoms with van der Waals surface area (Å²) in [6.45, 7) is 13.3. The molecule has 7 nitrogen and oxygen atoms in total. The van der Waals surface area contributed by atoms with E-state index in [0.717, 1.165) is 6.42 Å². The van der Waals surface area contributed by atoms with Crippen molar-refractivity contribution in [3.05, 3.63) is 12.3 Å². The lowest BCUT2D eigenvalue weighted by Crippen LogP contribution is -2.39.